The lowest BCUT2D eigenvalue weighted by Crippen LogP contribution is -2.45. The van der Waals surface area contributed by atoms with Crippen molar-refractivity contribution in [1.82, 2.24) is 20.4 Å². The van der Waals surface area contributed by atoms with Gasteiger partial charge in [0.05, 0.1) is 12.5 Å². The van der Waals surface area contributed by atoms with Gasteiger partial charge in [-0.15, -0.1) is 0 Å². The van der Waals surface area contributed by atoms with Gasteiger partial charge in [0.2, 0.25) is 11.8 Å². The normalized spacial score (nSPS) is 21.0. The summed E-state index contributed by atoms with van der Waals surface area (Å²) in [5.74, 6) is 0.485. The van der Waals surface area contributed by atoms with Crippen LogP contribution in [0.2, 0.25) is 0 Å². The van der Waals surface area contributed by atoms with Crippen molar-refractivity contribution in [2.24, 2.45) is 11.8 Å². The number of carbonyl (C=O) groups excluding carboxylic acids is 3. The first-order valence-electron chi connectivity index (χ1n) is 11.1. The van der Waals surface area contributed by atoms with Crippen molar-refractivity contribution in [3.8, 4) is 0 Å². The average molecular weight is 415 g/mol. The number of benzene rings is 1. The number of rotatable bonds is 4. The smallest absolute Gasteiger partial charge is 0.317 e. The van der Waals surface area contributed by atoms with Gasteiger partial charge in [0.15, 0.2) is 0 Å². The number of amides is 4. The fourth-order valence-corrected chi connectivity index (χ4v) is 3.80. The Hall–Kier alpha value is -2.57. The first-order valence-corrected chi connectivity index (χ1v) is 11.1. The third-order valence-corrected chi connectivity index (χ3v) is 5.63. The van der Waals surface area contributed by atoms with E-state index in [2.05, 4.69) is 24.5 Å². The van der Waals surface area contributed by atoms with Gasteiger partial charge in [-0.25, -0.2) is 4.79 Å². The highest BCUT2D eigenvalue weighted by Crippen LogP contribution is 2.35. The van der Waals surface area contributed by atoms with Crippen LogP contribution in [0.25, 0.3) is 0 Å². The Morgan fingerprint density at radius 2 is 1.87 bits per heavy atom. The molecule has 2 N–H and O–H groups in total. The minimum atomic E-state index is -0.277. The number of urea groups is 1. The van der Waals surface area contributed by atoms with Gasteiger partial charge in [-0.1, -0.05) is 44.2 Å². The second-order valence-electron chi connectivity index (χ2n) is 8.71. The van der Waals surface area contributed by atoms with E-state index in [1.165, 1.54) is 0 Å². The first-order chi connectivity index (χ1) is 14.5. The van der Waals surface area contributed by atoms with E-state index in [1.807, 2.05) is 35.2 Å². The lowest BCUT2D eigenvalue weighted by atomic mass is 10.0. The maximum absolute atomic E-state index is 13.1. The van der Waals surface area contributed by atoms with Gasteiger partial charge >= 0.3 is 6.03 Å². The summed E-state index contributed by atoms with van der Waals surface area (Å²) in [6.07, 6.45) is 2.77. The topological polar surface area (TPSA) is 81.8 Å². The number of hydrogen-bond acceptors (Lipinski definition) is 3. The summed E-state index contributed by atoms with van der Waals surface area (Å²) >= 11 is 0. The molecule has 7 heteroatoms. The standard InChI is InChI=1S/C23H34N4O3/c1-17(2)16-25-23(30)26-12-6-13-27(22(29)19-9-10-19)20(15-21(28)24-11-14-26)18-7-4-3-5-8-18/h3-5,7-8,17,19-20H,6,9-16H2,1-2H3,(H,24,28)(H,25,30). The molecule has 0 spiro atoms. The van der Waals surface area contributed by atoms with Crippen LogP contribution in [0.1, 0.15) is 51.1 Å². The Balaban J connectivity index is 1.77. The van der Waals surface area contributed by atoms with E-state index < -0.39 is 0 Å². The minimum absolute atomic E-state index is 0.0786. The van der Waals surface area contributed by atoms with E-state index >= 15 is 0 Å². The van der Waals surface area contributed by atoms with Crippen molar-refractivity contribution in [2.75, 3.05) is 32.7 Å². The van der Waals surface area contributed by atoms with Crippen molar-refractivity contribution in [2.45, 2.75) is 45.6 Å². The summed E-state index contributed by atoms with van der Waals surface area (Å²) < 4.78 is 0. The number of hydrogen-bond donors (Lipinski definition) is 2. The van der Waals surface area contributed by atoms with Gasteiger partial charge in [0, 0.05) is 38.6 Å². The van der Waals surface area contributed by atoms with Crippen molar-refractivity contribution in [3.63, 3.8) is 0 Å². The van der Waals surface area contributed by atoms with Gasteiger partial charge in [-0.3, -0.25) is 9.59 Å². The van der Waals surface area contributed by atoms with E-state index in [4.69, 9.17) is 0 Å². The minimum Gasteiger partial charge on any atom is -0.354 e. The zero-order chi connectivity index (χ0) is 21.5. The Kier molecular flexibility index (Phi) is 7.71. The Bertz CT molecular complexity index is 733. The monoisotopic (exact) mass is 414 g/mol. The van der Waals surface area contributed by atoms with Crippen molar-refractivity contribution in [3.05, 3.63) is 35.9 Å². The summed E-state index contributed by atoms with van der Waals surface area (Å²) in [5.41, 5.74) is 0.979. The number of nitrogens with one attached hydrogen (secondary N) is 2. The second-order valence-corrected chi connectivity index (χ2v) is 8.71. The van der Waals surface area contributed by atoms with Crippen LogP contribution in [0, 0.1) is 11.8 Å². The third-order valence-electron chi connectivity index (χ3n) is 5.63. The molecule has 7 nitrogen and oxygen atoms in total. The van der Waals surface area contributed by atoms with Gasteiger partial charge in [0.1, 0.15) is 0 Å². The lowest BCUT2D eigenvalue weighted by molar-refractivity contribution is -0.136. The summed E-state index contributed by atoms with van der Waals surface area (Å²) in [5, 5.41) is 5.89. The third kappa shape index (κ3) is 6.21. The van der Waals surface area contributed by atoms with Crippen LogP contribution in [0.5, 0.6) is 0 Å². The predicted octanol–water partition coefficient (Wildman–Crippen LogP) is 2.54. The molecule has 1 aromatic rings. The molecule has 3 rings (SSSR count). The molecule has 0 aromatic heterocycles. The van der Waals surface area contributed by atoms with Crippen molar-refractivity contribution < 1.29 is 14.4 Å². The highest BCUT2D eigenvalue weighted by molar-refractivity contribution is 5.83. The Morgan fingerprint density at radius 3 is 2.53 bits per heavy atom. The molecule has 1 aliphatic heterocycles. The highest BCUT2D eigenvalue weighted by Gasteiger charge is 2.37. The molecule has 1 atom stereocenters. The zero-order valence-corrected chi connectivity index (χ0v) is 18.1. The second kappa shape index (κ2) is 10.5. The van der Waals surface area contributed by atoms with E-state index in [1.54, 1.807) is 4.90 Å². The maximum atomic E-state index is 13.1. The fraction of sp³-hybridized carbons (Fsp3) is 0.609. The molecule has 1 aliphatic carbocycles. The fourth-order valence-electron chi connectivity index (χ4n) is 3.80. The molecule has 1 heterocycles. The SMILES string of the molecule is CC(C)CNC(=O)N1CCCN(C(=O)C2CC2)C(c2ccccc2)CC(=O)NCC1. The van der Waals surface area contributed by atoms with Gasteiger partial charge in [0.25, 0.3) is 0 Å². The molecule has 1 saturated carbocycles. The molecule has 0 bridgehead atoms. The van der Waals surface area contributed by atoms with Crippen LogP contribution in [0.4, 0.5) is 4.79 Å². The predicted molar refractivity (Wildman–Crippen MR) is 116 cm³/mol. The number of carbonyl (C=O) groups is 3. The van der Waals surface area contributed by atoms with Crippen LogP contribution >= 0.6 is 0 Å². The molecule has 2 fully saturated rings. The van der Waals surface area contributed by atoms with E-state index in [0.717, 1.165) is 18.4 Å². The molecule has 4 amide bonds. The van der Waals surface area contributed by atoms with E-state index in [0.29, 0.717) is 45.1 Å². The maximum Gasteiger partial charge on any atom is 0.317 e. The van der Waals surface area contributed by atoms with Crippen LogP contribution in [-0.4, -0.2) is 60.4 Å². The molecular formula is C23H34N4O3. The molecule has 164 valence electrons. The zero-order valence-electron chi connectivity index (χ0n) is 18.1. The Morgan fingerprint density at radius 1 is 1.13 bits per heavy atom. The molecule has 1 saturated heterocycles. The van der Waals surface area contributed by atoms with Crippen molar-refractivity contribution in [1.29, 1.82) is 0 Å². The van der Waals surface area contributed by atoms with Gasteiger partial charge < -0.3 is 20.4 Å². The summed E-state index contributed by atoms with van der Waals surface area (Å²) in [6, 6.07) is 9.40. The van der Waals surface area contributed by atoms with Crippen molar-refractivity contribution >= 4 is 17.8 Å². The molecular weight excluding hydrogens is 380 g/mol. The van der Waals surface area contributed by atoms with Gasteiger partial charge in [-0.2, -0.15) is 0 Å². The lowest BCUT2D eigenvalue weighted by Gasteiger charge is -2.32. The molecule has 0 radical (unpaired) electrons. The Labute approximate surface area is 179 Å². The van der Waals surface area contributed by atoms with Crippen LogP contribution < -0.4 is 10.6 Å². The quantitative estimate of drug-likeness (QED) is 0.794. The molecule has 2 aliphatic rings. The average Bonchev–Trinajstić information content (AvgIpc) is 3.57. The van der Waals surface area contributed by atoms with Gasteiger partial charge in [-0.05, 0) is 30.7 Å². The number of nitrogens with zero attached hydrogens (tertiary/aromatic N) is 2. The van der Waals surface area contributed by atoms with E-state index in [-0.39, 0.29) is 36.2 Å². The van der Waals surface area contributed by atoms with Crippen LogP contribution in [0.15, 0.2) is 30.3 Å². The molecule has 1 unspecified atom stereocenters. The highest BCUT2D eigenvalue weighted by atomic mass is 16.2. The summed E-state index contributed by atoms with van der Waals surface area (Å²) in [7, 11) is 0. The summed E-state index contributed by atoms with van der Waals surface area (Å²) in [4.78, 5) is 42.0. The van der Waals surface area contributed by atoms with Crippen LogP contribution in [0.3, 0.4) is 0 Å². The largest absolute Gasteiger partial charge is 0.354 e. The van der Waals surface area contributed by atoms with Crippen LogP contribution in [-0.2, 0) is 9.59 Å². The van der Waals surface area contributed by atoms with E-state index in [9.17, 15) is 14.4 Å². The molecule has 1 aromatic carbocycles. The summed E-state index contributed by atoms with van der Waals surface area (Å²) in [6.45, 7) is 6.68. The first kappa shape index (κ1) is 22.1. The molecule has 30 heavy (non-hydrogen) atoms.